The van der Waals surface area contributed by atoms with Crippen molar-refractivity contribution in [2.75, 3.05) is 50.6 Å². The van der Waals surface area contributed by atoms with Crippen LogP contribution in [0, 0.1) is 0 Å². The van der Waals surface area contributed by atoms with E-state index >= 15 is 0 Å². The van der Waals surface area contributed by atoms with Gasteiger partial charge in [-0.1, -0.05) is 24.3 Å². The second-order valence-electron chi connectivity index (χ2n) is 12.5. The normalized spacial score (nSPS) is 20.7. The first-order valence-corrected chi connectivity index (χ1v) is 15.9. The second kappa shape index (κ2) is 13.6. The second-order valence-corrected chi connectivity index (χ2v) is 12.5. The van der Waals surface area contributed by atoms with E-state index in [0.717, 1.165) is 72.6 Å². The zero-order valence-electron chi connectivity index (χ0n) is 26.3. The van der Waals surface area contributed by atoms with E-state index in [2.05, 4.69) is 39.7 Å². The fourth-order valence-electron chi connectivity index (χ4n) is 6.75. The first-order valence-electron chi connectivity index (χ1n) is 15.9. The van der Waals surface area contributed by atoms with Crippen LogP contribution < -0.4 is 20.3 Å². The molecule has 4 heterocycles. The minimum Gasteiger partial charge on any atom is -0.481 e. The van der Waals surface area contributed by atoms with Gasteiger partial charge in [0.25, 0.3) is 0 Å². The third-order valence-electron chi connectivity index (χ3n) is 9.52. The van der Waals surface area contributed by atoms with Crippen LogP contribution >= 0.6 is 0 Å². The maximum atomic E-state index is 13.2. The van der Waals surface area contributed by atoms with Crippen LogP contribution in [-0.4, -0.2) is 71.9 Å². The molecule has 4 aromatic rings. The highest BCUT2D eigenvalue weighted by Gasteiger charge is 2.39. The molecule has 0 atom stereocenters. The van der Waals surface area contributed by atoms with Gasteiger partial charge in [0.15, 0.2) is 0 Å². The standard InChI is InChI=1S/C35H41F3N7O/c1-45(31-12-17-39-18-13-31)21-15-30(16-22-45)44(24-25-3-9-28(10-4-25)42-29-11-19-40-33(23-29)46-2)34-41-20-14-32(43-34)26-5-7-27(8-6-26)35(36,37)38/h3-11,14,19-20,23,30-31,39H,12-13,15-18,21-22,24H2,1-2H3,(H,40,42)/q+1. The van der Waals surface area contributed by atoms with E-state index in [1.54, 1.807) is 25.6 Å². The molecule has 2 N–H and O–H groups in total. The van der Waals surface area contributed by atoms with Crippen molar-refractivity contribution in [3.8, 4) is 17.1 Å². The van der Waals surface area contributed by atoms with E-state index in [0.29, 0.717) is 35.7 Å². The predicted molar refractivity (Wildman–Crippen MR) is 174 cm³/mol. The number of halogens is 3. The average Bonchev–Trinajstić information content (AvgIpc) is 3.09. The maximum Gasteiger partial charge on any atom is 0.416 e. The summed E-state index contributed by atoms with van der Waals surface area (Å²) in [6.45, 7) is 4.95. The summed E-state index contributed by atoms with van der Waals surface area (Å²) in [5.41, 5.74) is 3.48. The number of piperidine rings is 2. The zero-order chi connectivity index (χ0) is 32.1. The van der Waals surface area contributed by atoms with Gasteiger partial charge >= 0.3 is 6.18 Å². The zero-order valence-corrected chi connectivity index (χ0v) is 26.3. The van der Waals surface area contributed by atoms with Crippen LogP contribution in [0.15, 0.2) is 79.1 Å². The van der Waals surface area contributed by atoms with E-state index in [1.165, 1.54) is 25.0 Å². The predicted octanol–water partition coefficient (Wildman–Crippen LogP) is 6.68. The molecule has 0 amide bonds. The Labute approximate surface area is 268 Å². The Bertz CT molecular complexity index is 1580. The number of alkyl halides is 3. The van der Waals surface area contributed by atoms with Crippen molar-refractivity contribution in [1.82, 2.24) is 20.3 Å². The lowest BCUT2D eigenvalue weighted by Crippen LogP contribution is -2.61. The van der Waals surface area contributed by atoms with E-state index in [9.17, 15) is 13.2 Å². The molecule has 0 aliphatic carbocycles. The molecule has 2 aromatic carbocycles. The Morgan fingerprint density at radius 3 is 2.26 bits per heavy atom. The van der Waals surface area contributed by atoms with Crippen LogP contribution in [0.1, 0.15) is 36.8 Å². The molecule has 0 spiro atoms. The number of nitrogens with zero attached hydrogens (tertiary/aromatic N) is 5. The van der Waals surface area contributed by atoms with Crippen molar-refractivity contribution in [2.45, 2.75) is 50.5 Å². The number of aromatic nitrogens is 3. The van der Waals surface area contributed by atoms with Gasteiger partial charge in [0.05, 0.1) is 44.5 Å². The molecule has 8 nitrogen and oxygen atoms in total. The van der Waals surface area contributed by atoms with Crippen molar-refractivity contribution < 1.29 is 22.4 Å². The van der Waals surface area contributed by atoms with Crippen LogP contribution in [0.4, 0.5) is 30.5 Å². The summed E-state index contributed by atoms with van der Waals surface area (Å²) >= 11 is 0. The van der Waals surface area contributed by atoms with E-state index in [-0.39, 0.29) is 6.04 Å². The Hall–Kier alpha value is -4.22. The van der Waals surface area contributed by atoms with Gasteiger partial charge in [-0.3, -0.25) is 0 Å². The Morgan fingerprint density at radius 2 is 1.59 bits per heavy atom. The fraction of sp³-hybridized carbons (Fsp3) is 0.400. The molecular weight excluding hydrogens is 591 g/mol. The minimum atomic E-state index is -4.38. The number of quaternary nitrogens is 1. The molecule has 46 heavy (non-hydrogen) atoms. The molecule has 0 radical (unpaired) electrons. The highest BCUT2D eigenvalue weighted by molar-refractivity contribution is 5.62. The summed E-state index contributed by atoms with van der Waals surface area (Å²) in [5.74, 6) is 1.13. The molecule has 6 rings (SSSR count). The molecule has 2 aliphatic heterocycles. The summed E-state index contributed by atoms with van der Waals surface area (Å²) in [7, 11) is 4.00. The van der Waals surface area contributed by atoms with Crippen molar-refractivity contribution in [3.05, 3.63) is 90.3 Å². The van der Waals surface area contributed by atoms with E-state index in [1.807, 2.05) is 24.3 Å². The smallest absolute Gasteiger partial charge is 0.416 e. The molecule has 242 valence electrons. The Kier molecular flexibility index (Phi) is 9.42. The first kappa shape index (κ1) is 31.7. The lowest BCUT2D eigenvalue weighted by Gasteiger charge is -2.49. The van der Waals surface area contributed by atoms with Crippen LogP contribution in [0.3, 0.4) is 0 Å². The number of likely N-dealkylation sites (tertiary alicyclic amines) is 1. The number of nitrogens with one attached hydrogen (secondary N) is 2. The van der Waals surface area contributed by atoms with Gasteiger partial charge in [0.1, 0.15) is 0 Å². The minimum absolute atomic E-state index is 0.234. The SMILES string of the molecule is COc1cc(Nc2ccc(CN(c3nccc(-c4ccc(C(F)(F)F)cc4)n3)C3CC[N+](C)(C4CCNCC4)CC3)cc2)ccn1. The monoisotopic (exact) mass is 632 g/mol. The van der Waals surface area contributed by atoms with Crippen molar-refractivity contribution in [2.24, 2.45) is 0 Å². The third kappa shape index (κ3) is 7.42. The van der Waals surface area contributed by atoms with E-state index < -0.39 is 11.7 Å². The number of anilines is 3. The number of hydrogen-bond donors (Lipinski definition) is 2. The maximum absolute atomic E-state index is 13.2. The van der Waals surface area contributed by atoms with Crippen molar-refractivity contribution >= 4 is 17.3 Å². The van der Waals surface area contributed by atoms with Crippen LogP contribution in [-0.2, 0) is 12.7 Å². The number of methoxy groups -OCH3 is 1. The van der Waals surface area contributed by atoms with Crippen molar-refractivity contribution in [1.29, 1.82) is 0 Å². The first-order chi connectivity index (χ1) is 22.2. The van der Waals surface area contributed by atoms with Crippen molar-refractivity contribution in [3.63, 3.8) is 0 Å². The van der Waals surface area contributed by atoms with Gasteiger partial charge in [-0.25, -0.2) is 15.0 Å². The molecule has 2 aromatic heterocycles. The lowest BCUT2D eigenvalue weighted by molar-refractivity contribution is -0.938. The number of hydrogen-bond acceptors (Lipinski definition) is 7. The highest BCUT2D eigenvalue weighted by atomic mass is 19.4. The van der Waals surface area contributed by atoms with E-state index in [4.69, 9.17) is 14.7 Å². The number of benzene rings is 2. The topological polar surface area (TPSA) is 75.2 Å². The van der Waals surface area contributed by atoms with Crippen LogP contribution in [0.5, 0.6) is 5.88 Å². The number of rotatable bonds is 9. The summed E-state index contributed by atoms with van der Waals surface area (Å²) < 4.78 is 45.9. The Balaban J connectivity index is 1.24. The highest BCUT2D eigenvalue weighted by Crippen LogP contribution is 2.33. The molecule has 2 fully saturated rings. The number of ether oxygens (including phenoxy) is 1. The largest absolute Gasteiger partial charge is 0.481 e. The molecule has 0 saturated carbocycles. The van der Waals surface area contributed by atoms with Gasteiger partial charge in [-0.15, -0.1) is 0 Å². The van der Waals surface area contributed by atoms with Gasteiger partial charge in [-0.05, 0) is 42.0 Å². The molecular formula is C35H41F3N7O+. The third-order valence-corrected chi connectivity index (χ3v) is 9.52. The lowest BCUT2D eigenvalue weighted by atomic mass is 9.94. The Morgan fingerprint density at radius 1 is 0.891 bits per heavy atom. The molecule has 11 heteroatoms. The van der Waals surface area contributed by atoms with Gasteiger partial charge in [0, 0.05) is 86.8 Å². The van der Waals surface area contributed by atoms with Gasteiger partial charge in [0.2, 0.25) is 11.8 Å². The molecule has 2 saturated heterocycles. The number of pyridine rings is 1. The summed E-state index contributed by atoms with van der Waals surface area (Å²) in [6, 6.07) is 19.9. The summed E-state index contributed by atoms with van der Waals surface area (Å²) in [5, 5.41) is 6.89. The summed E-state index contributed by atoms with van der Waals surface area (Å²) in [4.78, 5) is 16.1. The average molecular weight is 633 g/mol. The molecule has 2 aliphatic rings. The van der Waals surface area contributed by atoms with Gasteiger partial charge in [-0.2, -0.15) is 13.2 Å². The quantitative estimate of drug-likeness (QED) is 0.200. The van der Waals surface area contributed by atoms with Gasteiger partial charge < -0.3 is 24.8 Å². The molecule has 0 bridgehead atoms. The van der Waals surface area contributed by atoms with Crippen LogP contribution in [0.25, 0.3) is 11.3 Å². The fourth-order valence-corrected chi connectivity index (χ4v) is 6.75. The molecule has 0 unspecified atom stereocenters. The summed E-state index contributed by atoms with van der Waals surface area (Å²) in [6.07, 6.45) is 3.45. The van der Waals surface area contributed by atoms with Crippen LogP contribution in [0.2, 0.25) is 0 Å².